The molecule has 2 rings (SSSR count). The van der Waals surface area contributed by atoms with Crippen LogP contribution < -0.4 is 14.8 Å². The van der Waals surface area contributed by atoms with E-state index in [1.807, 2.05) is 0 Å². The van der Waals surface area contributed by atoms with Crippen LogP contribution in [0.4, 0.5) is 5.69 Å². The summed E-state index contributed by atoms with van der Waals surface area (Å²) in [5.74, 6) is 0. The molecular formula is C11H16ClN3O2S. The molecule has 0 unspecified atom stereocenters. The van der Waals surface area contributed by atoms with Crippen molar-refractivity contribution in [2.24, 2.45) is 0 Å². The van der Waals surface area contributed by atoms with E-state index in [0.29, 0.717) is 17.3 Å². The average molecular weight is 290 g/mol. The predicted octanol–water partition coefficient (Wildman–Crippen LogP) is 1.34. The number of hydrogen-bond donors (Lipinski definition) is 3. The van der Waals surface area contributed by atoms with Crippen LogP contribution in [0.1, 0.15) is 12.8 Å². The largest absolute Gasteiger partial charge is 0.313 e. The van der Waals surface area contributed by atoms with Crippen LogP contribution in [0.3, 0.4) is 0 Å². The lowest BCUT2D eigenvalue weighted by Gasteiger charge is -2.13. The second-order valence-electron chi connectivity index (χ2n) is 4.25. The van der Waals surface area contributed by atoms with Gasteiger partial charge in [-0.3, -0.25) is 4.72 Å². The highest BCUT2D eigenvalue weighted by molar-refractivity contribution is 7.90. The van der Waals surface area contributed by atoms with E-state index >= 15 is 0 Å². The van der Waals surface area contributed by atoms with E-state index in [-0.39, 0.29) is 6.04 Å². The Morgan fingerprint density at radius 2 is 2.06 bits per heavy atom. The van der Waals surface area contributed by atoms with Gasteiger partial charge in [-0.05, 0) is 43.7 Å². The molecule has 1 aromatic rings. The first-order valence-corrected chi connectivity index (χ1v) is 7.68. The maximum absolute atomic E-state index is 11.8. The maximum Gasteiger partial charge on any atom is 0.299 e. The summed E-state index contributed by atoms with van der Waals surface area (Å²) in [6.07, 6.45) is 2.10. The van der Waals surface area contributed by atoms with Crippen molar-refractivity contribution in [2.75, 3.05) is 17.8 Å². The zero-order valence-electron chi connectivity index (χ0n) is 9.82. The number of rotatable bonds is 5. The Bertz CT molecular complexity index is 484. The molecule has 1 aliphatic rings. The number of nitrogens with one attached hydrogen (secondary N) is 3. The minimum Gasteiger partial charge on any atom is -0.313 e. The molecule has 0 saturated carbocycles. The highest BCUT2D eigenvalue weighted by Crippen LogP contribution is 2.14. The van der Waals surface area contributed by atoms with Gasteiger partial charge in [-0.2, -0.15) is 13.1 Å². The quantitative estimate of drug-likeness (QED) is 0.766. The van der Waals surface area contributed by atoms with Gasteiger partial charge in [-0.25, -0.2) is 0 Å². The van der Waals surface area contributed by atoms with Gasteiger partial charge >= 0.3 is 0 Å². The lowest BCUT2D eigenvalue weighted by atomic mass is 10.2. The van der Waals surface area contributed by atoms with Gasteiger partial charge in [0.2, 0.25) is 0 Å². The highest BCUT2D eigenvalue weighted by Gasteiger charge is 2.17. The first kappa shape index (κ1) is 13.6. The van der Waals surface area contributed by atoms with Crippen molar-refractivity contribution in [3.05, 3.63) is 29.3 Å². The Hall–Kier alpha value is -0.820. The molecule has 0 radical (unpaired) electrons. The van der Waals surface area contributed by atoms with Crippen LogP contribution in [0, 0.1) is 0 Å². The van der Waals surface area contributed by atoms with Crippen molar-refractivity contribution in [1.29, 1.82) is 0 Å². The molecule has 0 bridgehead atoms. The second kappa shape index (κ2) is 5.88. The van der Waals surface area contributed by atoms with Crippen LogP contribution >= 0.6 is 11.6 Å². The molecule has 3 N–H and O–H groups in total. The topological polar surface area (TPSA) is 70.2 Å². The zero-order chi connectivity index (χ0) is 13.0. The fourth-order valence-corrected chi connectivity index (χ4v) is 2.92. The molecule has 7 heteroatoms. The van der Waals surface area contributed by atoms with Crippen molar-refractivity contribution in [3.8, 4) is 0 Å². The number of anilines is 1. The molecule has 5 nitrogen and oxygen atoms in total. The van der Waals surface area contributed by atoms with Crippen LogP contribution in [-0.2, 0) is 10.2 Å². The molecule has 1 aromatic carbocycles. The average Bonchev–Trinajstić information content (AvgIpc) is 2.83. The summed E-state index contributed by atoms with van der Waals surface area (Å²) >= 11 is 5.73. The third-order valence-electron chi connectivity index (χ3n) is 2.78. The Kier molecular flexibility index (Phi) is 4.45. The third kappa shape index (κ3) is 4.13. The van der Waals surface area contributed by atoms with Crippen LogP contribution in [0.15, 0.2) is 24.3 Å². The van der Waals surface area contributed by atoms with E-state index in [1.165, 1.54) is 0 Å². The molecule has 1 fully saturated rings. The van der Waals surface area contributed by atoms with Gasteiger partial charge in [0.25, 0.3) is 10.2 Å². The Morgan fingerprint density at radius 1 is 1.33 bits per heavy atom. The summed E-state index contributed by atoms with van der Waals surface area (Å²) < 4.78 is 28.5. The third-order valence-corrected chi connectivity index (χ3v) is 4.08. The van der Waals surface area contributed by atoms with Crippen molar-refractivity contribution in [2.45, 2.75) is 18.9 Å². The van der Waals surface area contributed by atoms with E-state index < -0.39 is 10.2 Å². The molecule has 1 aliphatic heterocycles. The minimum atomic E-state index is -3.52. The molecule has 18 heavy (non-hydrogen) atoms. The monoisotopic (exact) mass is 289 g/mol. The minimum absolute atomic E-state index is 0.229. The van der Waals surface area contributed by atoms with Gasteiger partial charge in [0.15, 0.2) is 0 Å². The summed E-state index contributed by atoms with van der Waals surface area (Å²) in [6.45, 7) is 1.36. The van der Waals surface area contributed by atoms with E-state index in [1.54, 1.807) is 24.3 Å². The number of hydrogen-bond acceptors (Lipinski definition) is 3. The first-order chi connectivity index (χ1) is 8.55. The fraction of sp³-hybridized carbons (Fsp3) is 0.455. The van der Waals surface area contributed by atoms with Crippen LogP contribution in [-0.4, -0.2) is 27.5 Å². The molecule has 1 heterocycles. The summed E-state index contributed by atoms with van der Waals surface area (Å²) in [5, 5.41) is 3.80. The molecule has 100 valence electrons. The number of benzene rings is 1. The standard InChI is InChI=1S/C11H16ClN3O2S/c12-9-3-5-10(6-4-9)15-18(16,17)14-8-11-2-1-7-13-11/h3-6,11,13-15H,1-2,7-8H2/t11-/m0/s1. The van der Waals surface area contributed by atoms with Crippen molar-refractivity contribution in [1.82, 2.24) is 10.0 Å². The lowest BCUT2D eigenvalue weighted by molar-refractivity contribution is 0.555. The van der Waals surface area contributed by atoms with Crippen LogP contribution in [0.25, 0.3) is 0 Å². The molecule has 0 amide bonds. The summed E-state index contributed by atoms with van der Waals surface area (Å²) in [4.78, 5) is 0. The van der Waals surface area contributed by atoms with E-state index in [0.717, 1.165) is 19.4 Å². The first-order valence-electron chi connectivity index (χ1n) is 5.81. The predicted molar refractivity (Wildman–Crippen MR) is 73.0 cm³/mol. The summed E-state index contributed by atoms with van der Waals surface area (Å²) in [5.41, 5.74) is 0.492. The van der Waals surface area contributed by atoms with Gasteiger partial charge in [0, 0.05) is 23.3 Å². The second-order valence-corrected chi connectivity index (χ2v) is 6.19. The fourth-order valence-electron chi connectivity index (χ4n) is 1.85. The van der Waals surface area contributed by atoms with Gasteiger partial charge < -0.3 is 5.32 Å². The SMILES string of the molecule is O=S(=O)(NC[C@@H]1CCCN1)Nc1ccc(Cl)cc1. The summed E-state index contributed by atoms with van der Waals surface area (Å²) in [7, 11) is -3.52. The van der Waals surface area contributed by atoms with E-state index in [2.05, 4.69) is 14.8 Å². The Morgan fingerprint density at radius 3 is 2.67 bits per heavy atom. The van der Waals surface area contributed by atoms with Crippen molar-refractivity contribution < 1.29 is 8.42 Å². The Labute approximate surface area is 112 Å². The normalized spacial score (nSPS) is 19.9. The Balaban J connectivity index is 1.88. The van der Waals surface area contributed by atoms with Crippen molar-refractivity contribution in [3.63, 3.8) is 0 Å². The van der Waals surface area contributed by atoms with Gasteiger partial charge in [0.1, 0.15) is 0 Å². The molecular weight excluding hydrogens is 274 g/mol. The van der Waals surface area contributed by atoms with Gasteiger partial charge in [0.05, 0.1) is 0 Å². The van der Waals surface area contributed by atoms with E-state index in [9.17, 15) is 8.42 Å². The molecule has 1 atom stereocenters. The molecule has 0 aliphatic carbocycles. The molecule has 0 spiro atoms. The summed E-state index contributed by atoms with van der Waals surface area (Å²) in [6, 6.07) is 6.74. The van der Waals surface area contributed by atoms with Gasteiger partial charge in [-0.1, -0.05) is 11.6 Å². The molecule has 1 saturated heterocycles. The van der Waals surface area contributed by atoms with Crippen LogP contribution in [0.2, 0.25) is 5.02 Å². The zero-order valence-corrected chi connectivity index (χ0v) is 11.4. The van der Waals surface area contributed by atoms with Crippen molar-refractivity contribution >= 4 is 27.5 Å². The lowest BCUT2D eigenvalue weighted by Crippen LogP contribution is -2.39. The smallest absolute Gasteiger partial charge is 0.299 e. The number of halogens is 1. The van der Waals surface area contributed by atoms with Gasteiger partial charge in [-0.15, -0.1) is 0 Å². The van der Waals surface area contributed by atoms with E-state index in [4.69, 9.17) is 11.6 Å². The highest BCUT2D eigenvalue weighted by atomic mass is 35.5. The van der Waals surface area contributed by atoms with Crippen LogP contribution in [0.5, 0.6) is 0 Å². The maximum atomic E-state index is 11.8. The molecule has 0 aromatic heterocycles.